The fraction of sp³-hybridized carbons (Fsp3) is 0.167. The number of hydrogen-bond acceptors (Lipinski definition) is 4. The number of carbonyl (C=O) groups is 1. The van der Waals surface area contributed by atoms with E-state index < -0.39 is 0 Å². The van der Waals surface area contributed by atoms with Crippen molar-refractivity contribution in [3.8, 4) is 5.75 Å². The van der Waals surface area contributed by atoms with Crippen molar-refractivity contribution in [3.63, 3.8) is 0 Å². The second-order valence-electron chi connectivity index (χ2n) is 5.39. The molecule has 0 radical (unpaired) electrons. The summed E-state index contributed by atoms with van der Waals surface area (Å²) in [4.78, 5) is 20.5. The van der Waals surface area contributed by atoms with E-state index in [0.717, 1.165) is 11.3 Å². The first-order valence-electron chi connectivity index (χ1n) is 7.42. The molecule has 0 bridgehead atoms. The number of amides is 1. The first-order valence-corrected chi connectivity index (χ1v) is 7.42. The lowest BCUT2D eigenvalue weighted by Crippen LogP contribution is -2.25. The van der Waals surface area contributed by atoms with Gasteiger partial charge in [-0.1, -0.05) is 18.2 Å². The lowest BCUT2D eigenvalue weighted by Gasteiger charge is -2.09. The molecule has 3 rings (SSSR count). The molecule has 1 aliphatic heterocycles. The van der Waals surface area contributed by atoms with Crippen molar-refractivity contribution in [2.75, 3.05) is 0 Å². The molecule has 1 aromatic heterocycles. The van der Waals surface area contributed by atoms with Gasteiger partial charge in [0.15, 0.2) is 5.84 Å². The average Bonchev–Trinajstić information content (AvgIpc) is 2.91. The van der Waals surface area contributed by atoms with Crippen molar-refractivity contribution < 1.29 is 9.53 Å². The first-order chi connectivity index (χ1) is 11.1. The molecule has 2 heterocycles. The summed E-state index contributed by atoms with van der Waals surface area (Å²) in [7, 11) is 0. The molecule has 0 fully saturated rings. The SMILES string of the molecule is CC(C)Oc1ccc(/C=C2/N=C(c3ccccn3)NC2=O)cc1. The summed E-state index contributed by atoms with van der Waals surface area (Å²) in [6.07, 6.45) is 3.54. The summed E-state index contributed by atoms with van der Waals surface area (Å²) in [6, 6.07) is 13.0. The van der Waals surface area contributed by atoms with Crippen LogP contribution in [-0.2, 0) is 4.79 Å². The number of aliphatic imine (C=N–C) groups is 1. The molecular weight excluding hydrogens is 290 g/mol. The van der Waals surface area contributed by atoms with E-state index in [1.165, 1.54) is 0 Å². The van der Waals surface area contributed by atoms with Crippen LogP contribution in [0.1, 0.15) is 25.1 Å². The maximum Gasteiger partial charge on any atom is 0.275 e. The minimum atomic E-state index is -0.229. The highest BCUT2D eigenvalue weighted by molar-refractivity contribution is 6.19. The Morgan fingerprint density at radius 1 is 1.13 bits per heavy atom. The number of nitrogens with zero attached hydrogens (tertiary/aromatic N) is 2. The van der Waals surface area contributed by atoms with Crippen molar-refractivity contribution >= 4 is 17.8 Å². The largest absolute Gasteiger partial charge is 0.491 e. The van der Waals surface area contributed by atoms with Gasteiger partial charge in [-0.25, -0.2) is 4.99 Å². The Balaban J connectivity index is 1.82. The van der Waals surface area contributed by atoms with E-state index in [-0.39, 0.29) is 12.0 Å². The molecule has 5 nitrogen and oxygen atoms in total. The van der Waals surface area contributed by atoms with Gasteiger partial charge in [0.2, 0.25) is 0 Å². The molecule has 2 aromatic rings. The van der Waals surface area contributed by atoms with Gasteiger partial charge >= 0.3 is 0 Å². The lowest BCUT2D eigenvalue weighted by molar-refractivity contribution is -0.115. The second-order valence-corrected chi connectivity index (χ2v) is 5.39. The third-order valence-electron chi connectivity index (χ3n) is 3.16. The van der Waals surface area contributed by atoms with Gasteiger partial charge in [0, 0.05) is 6.20 Å². The summed E-state index contributed by atoms with van der Waals surface area (Å²) in [5.74, 6) is 1.05. The third kappa shape index (κ3) is 3.63. The molecule has 1 amide bonds. The van der Waals surface area contributed by atoms with E-state index in [4.69, 9.17) is 4.74 Å². The highest BCUT2D eigenvalue weighted by Gasteiger charge is 2.21. The van der Waals surface area contributed by atoms with Crippen LogP contribution in [0.2, 0.25) is 0 Å². The maximum absolute atomic E-state index is 12.0. The summed E-state index contributed by atoms with van der Waals surface area (Å²) in [5, 5.41) is 2.73. The number of hydrogen-bond donors (Lipinski definition) is 1. The van der Waals surface area contributed by atoms with E-state index in [0.29, 0.717) is 17.2 Å². The summed E-state index contributed by atoms with van der Waals surface area (Å²) >= 11 is 0. The number of rotatable bonds is 4. The standard InChI is InChI=1S/C18H17N3O2/c1-12(2)23-14-8-6-13(7-9-14)11-16-18(22)21-17(20-16)15-5-3-4-10-19-15/h3-12H,1-2H3,(H,20,21,22)/b16-11+. The zero-order chi connectivity index (χ0) is 16.2. The highest BCUT2D eigenvalue weighted by atomic mass is 16.5. The molecule has 0 saturated heterocycles. The number of nitrogens with one attached hydrogen (secondary N) is 1. The lowest BCUT2D eigenvalue weighted by atomic mass is 10.2. The zero-order valence-corrected chi connectivity index (χ0v) is 13.0. The predicted molar refractivity (Wildman–Crippen MR) is 89.1 cm³/mol. The van der Waals surface area contributed by atoms with Gasteiger partial charge in [0.05, 0.1) is 6.10 Å². The van der Waals surface area contributed by atoms with Crippen LogP contribution in [0.4, 0.5) is 0 Å². The molecule has 5 heteroatoms. The Bertz CT molecular complexity index is 763. The van der Waals surface area contributed by atoms with Gasteiger partial charge in [-0.3, -0.25) is 9.78 Å². The molecule has 0 aliphatic carbocycles. The van der Waals surface area contributed by atoms with Crippen LogP contribution in [0.5, 0.6) is 5.75 Å². The minimum Gasteiger partial charge on any atom is -0.491 e. The Labute approximate surface area is 134 Å². The average molecular weight is 307 g/mol. The molecule has 116 valence electrons. The van der Waals surface area contributed by atoms with Gasteiger partial charge in [-0.2, -0.15) is 0 Å². The molecule has 1 N–H and O–H groups in total. The quantitative estimate of drug-likeness (QED) is 0.883. The highest BCUT2D eigenvalue weighted by Crippen LogP contribution is 2.18. The Morgan fingerprint density at radius 2 is 1.91 bits per heavy atom. The number of amidine groups is 1. The fourth-order valence-corrected chi connectivity index (χ4v) is 2.17. The summed E-state index contributed by atoms with van der Waals surface area (Å²) in [6.45, 7) is 3.96. The van der Waals surface area contributed by atoms with Gasteiger partial charge in [0.1, 0.15) is 17.1 Å². The summed E-state index contributed by atoms with van der Waals surface area (Å²) in [5.41, 5.74) is 1.89. The zero-order valence-electron chi connectivity index (χ0n) is 13.0. The van der Waals surface area contributed by atoms with Crippen LogP contribution >= 0.6 is 0 Å². The Morgan fingerprint density at radius 3 is 2.57 bits per heavy atom. The van der Waals surface area contributed by atoms with Crippen LogP contribution in [0.25, 0.3) is 6.08 Å². The number of aromatic nitrogens is 1. The molecule has 23 heavy (non-hydrogen) atoms. The van der Waals surface area contributed by atoms with Gasteiger partial charge in [-0.15, -0.1) is 0 Å². The number of benzene rings is 1. The molecular formula is C18H17N3O2. The van der Waals surface area contributed by atoms with E-state index >= 15 is 0 Å². The van der Waals surface area contributed by atoms with E-state index in [2.05, 4.69) is 15.3 Å². The monoisotopic (exact) mass is 307 g/mol. The van der Waals surface area contributed by atoms with E-state index in [1.807, 2.05) is 50.2 Å². The topological polar surface area (TPSA) is 63.6 Å². The molecule has 0 saturated carbocycles. The van der Waals surface area contributed by atoms with E-state index in [9.17, 15) is 4.79 Å². The van der Waals surface area contributed by atoms with Crippen molar-refractivity contribution in [1.29, 1.82) is 0 Å². The summed E-state index contributed by atoms with van der Waals surface area (Å²) < 4.78 is 5.60. The van der Waals surface area contributed by atoms with Crippen LogP contribution < -0.4 is 10.1 Å². The molecule has 1 aromatic carbocycles. The molecule has 0 unspecified atom stereocenters. The Hall–Kier alpha value is -2.95. The van der Waals surface area contributed by atoms with Gasteiger partial charge in [-0.05, 0) is 49.8 Å². The van der Waals surface area contributed by atoms with Crippen LogP contribution in [0.15, 0.2) is 59.4 Å². The van der Waals surface area contributed by atoms with Crippen LogP contribution in [0, 0.1) is 0 Å². The van der Waals surface area contributed by atoms with Crippen molar-refractivity contribution in [1.82, 2.24) is 10.3 Å². The Kier molecular flexibility index (Phi) is 4.19. The molecule has 0 atom stereocenters. The maximum atomic E-state index is 12.0. The van der Waals surface area contributed by atoms with Gasteiger partial charge < -0.3 is 10.1 Å². The van der Waals surface area contributed by atoms with Crippen molar-refractivity contribution in [3.05, 3.63) is 65.6 Å². The fourth-order valence-electron chi connectivity index (χ4n) is 2.17. The normalized spacial score (nSPS) is 15.7. The van der Waals surface area contributed by atoms with Crippen molar-refractivity contribution in [2.24, 2.45) is 4.99 Å². The second kappa shape index (κ2) is 6.44. The third-order valence-corrected chi connectivity index (χ3v) is 3.16. The number of ether oxygens (including phenoxy) is 1. The first kappa shape index (κ1) is 15.0. The van der Waals surface area contributed by atoms with Crippen molar-refractivity contribution in [2.45, 2.75) is 20.0 Å². The van der Waals surface area contributed by atoms with Crippen LogP contribution in [0.3, 0.4) is 0 Å². The van der Waals surface area contributed by atoms with Gasteiger partial charge in [0.25, 0.3) is 5.91 Å². The predicted octanol–water partition coefficient (Wildman–Crippen LogP) is 2.79. The smallest absolute Gasteiger partial charge is 0.275 e. The van der Waals surface area contributed by atoms with Crippen LogP contribution in [-0.4, -0.2) is 22.8 Å². The molecule has 0 spiro atoms. The van der Waals surface area contributed by atoms with E-state index in [1.54, 1.807) is 18.3 Å². The number of carbonyl (C=O) groups excluding carboxylic acids is 1. The number of pyridine rings is 1. The molecule has 1 aliphatic rings. The minimum absolute atomic E-state index is 0.130.